The maximum Gasteiger partial charge on any atom is 0.309 e. The van der Waals surface area contributed by atoms with Gasteiger partial charge in [0, 0.05) is 35.1 Å². The Morgan fingerprint density at radius 1 is 1.44 bits per heavy atom. The van der Waals surface area contributed by atoms with Crippen LogP contribution < -0.4 is 0 Å². The third-order valence-electron chi connectivity index (χ3n) is 5.99. The van der Waals surface area contributed by atoms with Crippen LogP contribution in [0, 0.1) is 5.92 Å². The summed E-state index contributed by atoms with van der Waals surface area (Å²) >= 11 is 0. The van der Waals surface area contributed by atoms with Crippen LogP contribution in [0.15, 0.2) is 18.2 Å². The Labute approximate surface area is 148 Å². The number of hydrogen-bond acceptors (Lipinski definition) is 4. The smallest absolute Gasteiger partial charge is 0.309 e. The fraction of sp³-hybridized carbons (Fsp3) is 0.550. The summed E-state index contributed by atoms with van der Waals surface area (Å²) in [6.07, 6.45) is 2.84. The zero-order valence-corrected chi connectivity index (χ0v) is 14.9. The zero-order valence-electron chi connectivity index (χ0n) is 14.9. The van der Waals surface area contributed by atoms with Gasteiger partial charge in [0.05, 0.1) is 19.6 Å². The molecule has 0 bridgehead atoms. The highest BCUT2D eigenvalue weighted by molar-refractivity contribution is 5.90. The number of carbonyl (C=O) groups is 1. The molecule has 1 aromatic heterocycles. The van der Waals surface area contributed by atoms with Crippen molar-refractivity contribution in [1.82, 2.24) is 9.88 Å². The number of nitrogens with zero attached hydrogens (tertiary/aromatic N) is 1. The average Bonchev–Trinajstić information content (AvgIpc) is 3.01. The molecule has 134 valence electrons. The lowest BCUT2D eigenvalue weighted by Gasteiger charge is -2.46. The number of methoxy groups -OCH3 is 1. The number of aromatic amines is 1. The maximum absolute atomic E-state index is 12.2. The maximum atomic E-state index is 12.2. The van der Waals surface area contributed by atoms with Gasteiger partial charge in [0.2, 0.25) is 0 Å². The quantitative estimate of drug-likeness (QED) is 0.838. The van der Waals surface area contributed by atoms with Crippen LogP contribution in [-0.4, -0.2) is 47.2 Å². The van der Waals surface area contributed by atoms with E-state index in [2.05, 4.69) is 35.0 Å². The number of rotatable bonds is 4. The van der Waals surface area contributed by atoms with Crippen molar-refractivity contribution in [2.75, 3.05) is 20.2 Å². The first-order valence-electron chi connectivity index (χ1n) is 9.23. The first-order valence-corrected chi connectivity index (χ1v) is 9.23. The van der Waals surface area contributed by atoms with E-state index >= 15 is 0 Å². The molecule has 5 heteroatoms. The largest absolute Gasteiger partial charge is 0.469 e. The number of likely N-dealkylation sites (tertiary alicyclic amines) is 1. The molecule has 4 rings (SSSR count). The van der Waals surface area contributed by atoms with E-state index in [1.165, 1.54) is 23.6 Å². The fourth-order valence-electron chi connectivity index (χ4n) is 4.98. The Balaban J connectivity index is 1.81. The molecule has 1 aliphatic heterocycles. The van der Waals surface area contributed by atoms with E-state index in [-0.39, 0.29) is 18.5 Å². The summed E-state index contributed by atoms with van der Waals surface area (Å²) in [5.41, 5.74) is 4.60. The monoisotopic (exact) mass is 342 g/mol. The van der Waals surface area contributed by atoms with E-state index in [9.17, 15) is 9.90 Å². The molecule has 1 aromatic carbocycles. The number of nitrogens with one attached hydrogen (secondary N) is 1. The second kappa shape index (κ2) is 6.46. The van der Waals surface area contributed by atoms with Crippen molar-refractivity contribution >= 4 is 16.9 Å². The van der Waals surface area contributed by atoms with E-state index in [1.54, 1.807) is 0 Å². The number of aliphatic hydroxyl groups is 1. The molecule has 2 heterocycles. The SMILES string of the molecule is CCCN1C[C@@H](C(=O)OC)CC2c3cccc4[nH]c(CO)c(c34)C[C@H]21. The number of aliphatic hydroxyl groups excluding tert-OH is 1. The van der Waals surface area contributed by atoms with E-state index < -0.39 is 0 Å². The predicted octanol–water partition coefficient (Wildman–Crippen LogP) is 2.57. The highest BCUT2D eigenvalue weighted by Crippen LogP contribution is 2.46. The van der Waals surface area contributed by atoms with Crippen molar-refractivity contribution in [2.24, 2.45) is 5.92 Å². The van der Waals surface area contributed by atoms with Gasteiger partial charge in [0.15, 0.2) is 0 Å². The van der Waals surface area contributed by atoms with Crippen molar-refractivity contribution < 1.29 is 14.6 Å². The molecule has 3 atom stereocenters. The molecule has 0 saturated carbocycles. The van der Waals surface area contributed by atoms with Crippen molar-refractivity contribution in [1.29, 1.82) is 0 Å². The Morgan fingerprint density at radius 3 is 3.00 bits per heavy atom. The van der Waals surface area contributed by atoms with Gasteiger partial charge in [-0.2, -0.15) is 0 Å². The predicted molar refractivity (Wildman–Crippen MR) is 96.4 cm³/mol. The first kappa shape index (κ1) is 16.6. The van der Waals surface area contributed by atoms with Gasteiger partial charge < -0.3 is 14.8 Å². The lowest BCUT2D eigenvalue weighted by atomic mass is 9.72. The lowest BCUT2D eigenvalue weighted by molar-refractivity contribution is -0.148. The molecule has 2 N–H and O–H groups in total. The number of piperidine rings is 1. The number of aromatic nitrogens is 1. The van der Waals surface area contributed by atoms with Gasteiger partial charge in [-0.15, -0.1) is 0 Å². The number of esters is 1. The molecule has 1 fully saturated rings. The van der Waals surface area contributed by atoms with Crippen molar-refractivity contribution in [2.45, 2.75) is 44.8 Å². The topological polar surface area (TPSA) is 65.6 Å². The van der Waals surface area contributed by atoms with Gasteiger partial charge >= 0.3 is 5.97 Å². The molecule has 2 aromatic rings. The summed E-state index contributed by atoms with van der Waals surface area (Å²) in [4.78, 5) is 18.1. The minimum absolute atomic E-state index is 0.0411. The van der Waals surface area contributed by atoms with Crippen LogP contribution in [0.5, 0.6) is 0 Å². The van der Waals surface area contributed by atoms with Crippen LogP contribution in [0.4, 0.5) is 0 Å². The molecule has 2 aliphatic rings. The first-order chi connectivity index (χ1) is 12.2. The Bertz CT molecular complexity index is 798. The molecule has 0 spiro atoms. The van der Waals surface area contributed by atoms with Crippen LogP contribution in [0.2, 0.25) is 0 Å². The van der Waals surface area contributed by atoms with Crippen LogP contribution in [0.3, 0.4) is 0 Å². The molecule has 1 unspecified atom stereocenters. The third-order valence-corrected chi connectivity index (χ3v) is 5.99. The number of fused-ring (bicyclic) bond motifs is 2. The van der Waals surface area contributed by atoms with E-state index in [0.717, 1.165) is 43.6 Å². The zero-order chi connectivity index (χ0) is 17.6. The summed E-state index contributed by atoms with van der Waals surface area (Å²) in [6.45, 7) is 3.98. The van der Waals surface area contributed by atoms with Crippen molar-refractivity contribution in [3.63, 3.8) is 0 Å². The summed E-state index contributed by atoms with van der Waals surface area (Å²) < 4.78 is 5.06. The number of hydrogen-bond donors (Lipinski definition) is 2. The standard InChI is InChI=1S/C20H26N2O3/c1-3-7-22-10-12(20(24)25-2)8-14-13-5-4-6-16-19(13)15(9-18(14)22)17(11-23)21-16/h4-6,12,14,18,21,23H,3,7-11H2,1-2H3/t12-,14?,18+/m0/s1. The van der Waals surface area contributed by atoms with Crippen molar-refractivity contribution in [3.8, 4) is 0 Å². The van der Waals surface area contributed by atoms with Crippen molar-refractivity contribution in [3.05, 3.63) is 35.0 Å². The van der Waals surface area contributed by atoms with Gasteiger partial charge in [-0.05, 0) is 43.0 Å². The molecule has 0 radical (unpaired) electrons. The fourth-order valence-corrected chi connectivity index (χ4v) is 4.98. The number of carbonyl (C=O) groups excluding carboxylic acids is 1. The normalized spacial score (nSPS) is 25.8. The molecular formula is C20H26N2O3. The van der Waals surface area contributed by atoms with E-state index in [1.807, 2.05) is 0 Å². The third kappa shape index (κ3) is 2.57. The van der Waals surface area contributed by atoms with Crippen LogP contribution in [0.25, 0.3) is 10.9 Å². The van der Waals surface area contributed by atoms with Crippen LogP contribution in [0.1, 0.15) is 42.5 Å². The highest BCUT2D eigenvalue weighted by Gasteiger charge is 2.43. The lowest BCUT2D eigenvalue weighted by Crippen LogP contribution is -2.51. The molecular weight excluding hydrogens is 316 g/mol. The highest BCUT2D eigenvalue weighted by atomic mass is 16.5. The number of benzene rings is 1. The molecule has 5 nitrogen and oxygen atoms in total. The average molecular weight is 342 g/mol. The summed E-state index contributed by atoms with van der Waals surface area (Å²) in [6, 6.07) is 6.74. The molecule has 25 heavy (non-hydrogen) atoms. The van der Waals surface area contributed by atoms with Gasteiger partial charge in [0.25, 0.3) is 0 Å². The summed E-state index contributed by atoms with van der Waals surface area (Å²) in [7, 11) is 1.48. The summed E-state index contributed by atoms with van der Waals surface area (Å²) in [5.74, 6) is 0.177. The Kier molecular flexibility index (Phi) is 4.29. The second-order valence-corrected chi connectivity index (χ2v) is 7.34. The molecule has 0 amide bonds. The van der Waals surface area contributed by atoms with Gasteiger partial charge in [-0.3, -0.25) is 9.69 Å². The number of ether oxygens (including phenoxy) is 1. The summed E-state index contributed by atoms with van der Waals surface area (Å²) in [5, 5.41) is 11.0. The van der Waals surface area contributed by atoms with E-state index in [4.69, 9.17) is 4.74 Å². The van der Waals surface area contributed by atoms with Crippen LogP contribution in [-0.2, 0) is 22.6 Å². The Hall–Kier alpha value is -1.85. The molecule has 1 aliphatic carbocycles. The van der Waals surface area contributed by atoms with Gasteiger partial charge in [-0.1, -0.05) is 19.1 Å². The van der Waals surface area contributed by atoms with Crippen LogP contribution >= 0.6 is 0 Å². The number of H-pyrrole nitrogens is 1. The van der Waals surface area contributed by atoms with Gasteiger partial charge in [-0.25, -0.2) is 0 Å². The minimum Gasteiger partial charge on any atom is -0.469 e. The second-order valence-electron chi connectivity index (χ2n) is 7.34. The Morgan fingerprint density at radius 2 is 2.28 bits per heavy atom. The minimum atomic E-state index is -0.0948. The van der Waals surface area contributed by atoms with Gasteiger partial charge in [0.1, 0.15) is 0 Å². The molecule has 1 saturated heterocycles. The van der Waals surface area contributed by atoms with E-state index in [0.29, 0.717) is 12.0 Å².